The molecule has 0 spiro atoms. The van der Waals surface area contributed by atoms with Crippen molar-refractivity contribution in [2.75, 3.05) is 0 Å². The topological polar surface area (TPSA) is 26.3 Å². The Balaban J connectivity index is 2.35. The Labute approximate surface area is 98.9 Å². The summed E-state index contributed by atoms with van der Waals surface area (Å²) in [6.45, 7) is 5.12. The van der Waals surface area contributed by atoms with E-state index >= 15 is 0 Å². The minimum absolute atomic E-state index is 0.247. The molecule has 0 fully saturated rings. The van der Waals surface area contributed by atoms with Crippen LogP contribution >= 0.6 is 0 Å². The van der Waals surface area contributed by atoms with Crippen LogP contribution in [0.4, 0.5) is 4.39 Å². The molecule has 0 aliphatic rings. The third-order valence-electron chi connectivity index (χ3n) is 1.70. The van der Waals surface area contributed by atoms with E-state index in [0.717, 1.165) is 10.0 Å². The summed E-state index contributed by atoms with van der Waals surface area (Å²) in [6.07, 6.45) is 0. The Bertz CT molecular complexity index is 359. The Morgan fingerprint density at radius 1 is 1.47 bits per heavy atom. The molecule has 1 aromatic carbocycles. The molecule has 0 aliphatic carbocycles. The standard InChI is InChI=1S/C7H6F.C4H6O2.Sn/c1-6-2-4-7(8)5-3-6;1-3(2)4(5)6;/h2-5H,1H2;1H2,2H3,(H,5,6);/q;;+1/p-1. The van der Waals surface area contributed by atoms with Gasteiger partial charge < -0.3 is 0 Å². The molecule has 4 heteroatoms. The summed E-state index contributed by atoms with van der Waals surface area (Å²) in [4.78, 5) is 11.0. The van der Waals surface area contributed by atoms with Crippen LogP contribution in [0.15, 0.2) is 36.4 Å². The van der Waals surface area contributed by atoms with E-state index in [1.807, 2.05) is 0 Å². The molecule has 0 aromatic heterocycles. The minimum atomic E-state index is -1.19. The van der Waals surface area contributed by atoms with Crippen molar-refractivity contribution in [1.82, 2.24) is 0 Å². The Kier molecular flexibility index (Phi) is 4.81. The van der Waals surface area contributed by atoms with E-state index in [1.54, 1.807) is 19.1 Å². The quantitative estimate of drug-likeness (QED) is 0.628. The van der Waals surface area contributed by atoms with Crippen molar-refractivity contribution < 1.29 is 12.3 Å². The molecule has 2 radical (unpaired) electrons. The van der Waals surface area contributed by atoms with Gasteiger partial charge in [-0.2, -0.15) is 0 Å². The number of carbonyl (C=O) groups excluding carboxylic acids is 1. The SMILES string of the molecule is C=C(C)C(=O)[O][Sn][CH2]c1ccc(F)cc1. The van der Waals surface area contributed by atoms with Gasteiger partial charge in [0.25, 0.3) is 0 Å². The van der Waals surface area contributed by atoms with Crippen LogP contribution in [-0.2, 0) is 12.3 Å². The summed E-state index contributed by atoms with van der Waals surface area (Å²) < 4.78 is 18.4. The first kappa shape index (κ1) is 12.2. The van der Waals surface area contributed by atoms with Gasteiger partial charge in [-0.15, -0.1) is 0 Å². The van der Waals surface area contributed by atoms with Crippen molar-refractivity contribution in [2.45, 2.75) is 11.4 Å². The van der Waals surface area contributed by atoms with Crippen molar-refractivity contribution in [1.29, 1.82) is 0 Å². The summed E-state index contributed by atoms with van der Waals surface area (Å²) in [5.74, 6) is -0.563. The maximum absolute atomic E-state index is 12.6. The molecule has 0 atom stereocenters. The van der Waals surface area contributed by atoms with E-state index in [9.17, 15) is 9.18 Å². The monoisotopic (exact) mass is 314 g/mol. The van der Waals surface area contributed by atoms with Crippen molar-refractivity contribution in [3.8, 4) is 0 Å². The molecule has 0 bridgehead atoms. The molecule has 0 saturated carbocycles. The zero-order valence-electron chi connectivity index (χ0n) is 8.42. The zero-order valence-corrected chi connectivity index (χ0v) is 11.3. The van der Waals surface area contributed by atoms with Crippen LogP contribution in [0.25, 0.3) is 0 Å². The number of halogens is 1. The number of carbonyl (C=O) groups is 1. The van der Waals surface area contributed by atoms with Gasteiger partial charge in [0, 0.05) is 0 Å². The third kappa shape index (κ3) is 4.46. The second-order valence-electron chi connectivity index (χ2n) is 3.12. The van der Waals surface area contributed by atoms with Crippen LogP contribution in [-0.4, -0.2) is 27.5 Å². The molecule has 0 N–H and O–H groups in total. The van der Waals surface area contributed by atoms with Gasteiger partial charge in [-0.05, 0) is 0 Å². The molecule has 0 aliphatic heterocycles. The zero-order chi connectivity index (χ0) is 11.3. The molecule has 15 heavy (non-hydrogen) atoms. The molecule has 0 saturated heterocycles. The average molecular weight is 313 g/mol. The van der Waals surface area contributed by atoms with Gasteiger partial charge in [0.15, 0.2) is 0 Å². The first-order valence-electron chi connectivity index (χ1n) is 4.43. The molecular formula is C11H11FO2Sn. The van der Waals surface area contributed by atoms with Gasteiger partial charge in [0.2, 0.25) is 0 Å². The van der Waals surface area contributed by atoms with Crippen molar-refractivity contribution in [2.24, 2.45) is 0 Å². The summed E-state index contributed by atoms with van der Waals surface area (Å²) in [6, 6.07) is 6.25. The van der Waals surface area contributed by atoms with Crippen molar-refractivity contribution >= 4 is 27.5 Å². The second kappa shape index (κ2) is 5.90. The van der Waals surface area contributed by atoms with Gasteiger partial charge in [0.1, 0.15) is 0 Å². The fourth-order valence-corrected chi connectivity index (χ4v) is 3.10. The van der Waals surface area contributed by atoms with E-state index in [0.29, 0.717) is 5.57 Å². The van der Waals surface area contributed by atoms with E-state index < -0.39 is 21.6 Å². The first-order chi connectivity index (χ1) is 7.09. The summed E-state index contributed by atoms with van der Waals surface area (Å²) >= 11 is -1.19. The molecule has 0 amide bonds. The van der Waals surface area contributed by atoms with E-state index in [-0.39, 0.29) is 11.8 Å². The van der Waals surface area contributed by atoms with Crippen LogP contribution in [0.3, 0.4) is 0 Å². The fourth-order valence-electron chi connectivity index (χ4n) is 0.874. The Morgan fingerprint density at radius 2 is 2.07 bits per heavy atom. The summed E-state index contributed by atoms with van der Waals surface area (Å²) in [7, 11) is 0. The van der Waals surface area contributed by atoms with Crippen molar-refractivity contribution in [3.63, 3.8) is 0 Å². The second-order valence-corrected chi connectivity index (χ2v) is 5.53. The van der Waals surface area contributed by atoms with Crippen LogP contribution in [0.5, 0.6) is 0 Å². The third-order valence-corrected chi connectivity index (χ3v) is 4.22. The molecule has 0 heterocycles. The van der Waals surface area contributed by atoms with Gasteiger partial charge in [-0.3, -0.25) is 0 Å². The van der Waals surface area contributed by atoms with Crippen molar-refractivity contribution in [3.05, 3.63) is 47.8 Å². The van der Waals surface area contributed by atoms with Gasteiger partial charge in [-0.1, -0.05) is 0 Å². The van der Waals surface area contributed by atoms with E-state index in [4.69, 9.17) is 3.07 Å². The molecule has 1 aromatic rings. The number of hydrogen-bond donors (Lipinski definition) is 0. The molecule has 2 nitrogen and oxygen atoms in total. The summed E-state index contributed by atoms with van der Waals surface area (Å²) in [5.41, 5.74) is 1.44. The van der Waals surface area contributed by atoms with Crippen LogP contribution in [0, 0.1) is 5.82 Å². The van der Waals surface area contributed by atoms with Crippen LogP contribution in [0.2, 0.25) is 0 Å². The average Bonchev–Trinajstić information content (AvgIpc) is 2.20. The van der Waals surface area contributed by atoms with Gasteiger partial charge in [-0.25, -0.2) is 0 Å². The fraction of sp³-hybridized carbons (Fsp3) is 0.182. The predicted octanol–water partition coefficient (Wildman–Crippen LogP) is 2.06. The normalized spacial score (nSPS) is 9.73. The van der Waals surface area contributed by atoms with E-state index in [1.165, 1.54) is 12.1 Å². The van der Waals surface area contributed by atoms with Crippen LogP contribution in [0.1, 0.15) is 12.5 Å². The molecule has 78 valence electrons. The predicted molar refractivity (Wildman–Crippen MR) is 56.8 cm³/mol. The number of benzene rings is 1. The Morgan fingerprint density at radius 3 is 2.60 bits per heavy atom. The van der Waals surface area contributed by atoms with E-state index in [2.05, 4.69) is 6.58 Å². The molecule has 1 rings (SSSR count). The number of hydrogen-bond acceptors (Lipinski definition) is 2. The maximum atomic E-state index is 12.6. The van der Waals surface area contributed by atoms with Crippen LogP contribution < -0.4 is 0 Å². The van der Waals surface area contributed by atoms with Gasteiger partial charge >= 0.3 is 98.9 Å². The Hall–Kier alpha value is -0.841. The van der Waals surface area contributed by atoms with Gasteiger partial charge in [0.05, 0.1) is 0 Å². The summed E-state index contributed by atoms with van der Waals surface area (Å²) in [5, 5.41) is 0. The molecule has 0 unspecified atom stereocenters. The number of rotatable bonds is 4. The first-order valence-corrected chi connectivity index (χ1v) is 7.62. The molecular weight excluding hydrogens is 302 g/mol.